The molecule has 0 fully saturated rings. The molecule has 0 aliphatic rings. The van der Waals surface area contributed by atoms with Gasteiger partial charge in [-0.2, -0.15) is 0 Å². The predicted octanol–water partition coefficient (Wildman–Crippen LogP) is 4.24. The van der Waals surface area contributed by atoms with Crippen LogP contribution in [0.5, 0.6) is 11.5 Å². The molecule has 0 aliphatic heterocycles. The summed E-state index contributed by atoms with van der Waals surface area (Å²) in [6.45, 7) is 7.68. The Morgan fingerprint density at radius 3 is 1.18 bits per heavy atom. The molecule has 0 radical (unpaired) electrons. The lowest BCUT2D eigenvalue weighted by molar-refractivity contribution is 0.137. The second-order valence-electron chi connectivity index (χ2n) is 4.86. The Labute approximate surface area is 130 Å². The monoisotopic (exact) mass is 306 g/mol. The molecule has 0 saturated carbocycles. The van der Waals surface area contributed by atoms with Crippen molar-refractivity contribution in [1.29, 1.82) is 0 Å². The number of rotatable bonds is 0. The lowest BCUT2D eigenvalue weighted by Crippen LogP contribution is -1.81. The van der Waals surface area contributed by atoms with Gasteiger partial charge in [0.15, 0.2) is 0 Å². The summed E-state index contributed by atoms with van der Waals surface area (Å²) >= 11 is 0. The Hall–Kier alpha value is -2.69. The minimum absolute atomic E-state index is 0.384. The van der Waals surface area contributed by atoms with Gasteiger partial charge in [0.05, 0.1) is 0 Å². The zero-order valence-electron chi connectivity index (χ0n) is 13.2. The standard InChI is InChI=1S/2C8H10O.CH2O3/c2*1-6-3-4-7(2)8(9)5-6;2-1(3)4/h2*3-5,9H,1-2H3;(H2,2,3,4). The first-order valence-electron chi connectivity index (χ1n) is 6.57. The lowest BCUT2D eigenvalue weighted by atomic mass is 10.1. The molecule has 0 aliphatic carbocycles. The van der Waals surface area contributed by atoms with Crippen molar-refractivity contribution >= 4 is 6.16 Å². The number of phenolic OH excluding ortho intramolecular Hbond substituents is 2. The van der Waals surface area contributed by atoms with E-state index >= 15 is 0 Å². The number of carboxylic acid groups (broad SMARTS) is 2. The number of benzene rings is 2. The van der Waals surface area contributed by atoms with Gasteiger partial charge < -0.3 is 20.4 Å². The zero-order valence-corrected chi connectivity index (χ0v) is 13.2. The third kappa shape index (κ3) is 8.47. The van der Waals surface area contributed by atoms with Gasteiger partial charge in [0.2, 0.25) is 0 Å². The summed E-state index contributed by atoms with van der Waals surface area (Å²) in [6.07, 6.45) is -1.83. The number of phenols is 2. The normalized spacial score (nSPS) is 8.91. The molecule has 0 heterocycles. The van der Waals surface area contributed by atoms with Gasteiger partial charge in [-0.1, -0.05) is 24.3 Å². The van der Waals surface area contributed by atoms with Gasteiger partial charge in [-0.05, 0) is 62.1 Å². The molecule has 0 saturated heterocycles. The Balaban J connectivity index is 0.000000326. The number of aromatic hydroxyl groups is 2. The number of hydrogen-bond donors (Lipinski definition) is 4. The second-order valence-corrected chi connectivity index (χ2v) is 4.86. The minimum Gasteiger partial charge on any atom is -0.508 e. The maximum Gasteiger partial charge on any atom is 0.503 e. The van der Waals surface area contributed by atoms with Crippen LogP contribution < -0.4 is 0 Å². The lowest BCUT2D eigenvalue weighted by Gasteiger charge is -1.97. The molecule has 22 heavy (non-hydrogen) atoms. The van der Waals surface area contributed by atoms with Crippen LogP contribution in [0.1, 0.15) is 22.3 Å². The summed E-state index contributed by atoms with van der Waals surface area (Å²) < 4.78 is 0. The average Bonchev–Trinajstić information content (AvgIpc) is 2.39. The molecular formula is C17H22O5. The fourth-order valence-corrected chi connectivity index (χ4v) is 1.44. The Kier molecular flexibility index (Phi) is 8.15. The Morgan fingerprint density at radius 1 is 0.727 bits per heavy atom. The van der Waals surface area contributed by atoms with E-state index in [-0.39, 0.29) is 0 Å². The summed E-state index contributed by atoms with van der Waals surface area (Å²) in [5.41, 5.74) is 4.05. The first-order chi connectivity index (χ1) is 10.1. The molecule has 120 valence electrons. The maximum atomic E-state index is 9.10. The Morgan fingerprint density at radius 2 is 1.00 bits per heavy atom. The van der Waals surface area contributed by atoms with Gasteiger partial charge in [-0.25, -0.2) is 4.79 Å². The van der Waals surface area contributed by atoms with Crippen LogP contribution in [0.2, 0.25) is 0 Å². The van der Waals surface area contributed by atoms with E-state index < -0.39 is 6.16 Å². The van der Waals surface area contributed by atoms with Crippen LogP contribution >= 0.6 is 0 Å². The third-order valence-electron chi connectivity index (χ3n) is 2.73. The fraction of sp³-hybridized carbons (Fsp3) is 0.235. The Bertz CT molecular complexity index is 567. The minimum atomic E-state index is -1.83. The van der Waals surface area contributed by atoms with Crippen LogP contribution in [0.15, 0.2) is 36.4 Å². The van der Waals surface area contributed by atoms with E-state index in [9.17, 15) is 0 Å². The first kappa shape index (κ1) is 19.3. The summed E-state index contributed by atoms with van der Waals surface area (Å²) in [5.74, 6) is 0.769. The van der Waals surface area contributed by atoms with Crippen LogP contribution in [0.25, 0.3) is 0 Å². The van der Waals surface area contributed by atoms with Crippen molar-refractivity contribution < 1.29 is 25.2 Å². The van der Waals surface area contributed by atoms with E-state index in [0.717, 1.165) is 22.3 Å². The van der Waals surface area contributed by atoms with Gasteiger partial charge in [0.25, 0.3) is 0 Å². The van der Waals surface area contributed by atoms with Crippen molar-refractivity contribution in [2.45, 2.75) is 27.7 Å². The van der Waals surface area contributed by atoms with Crippen molar-refractivity contribution in [3.8, 4) is 11.5 Å². The van der Waals surface area contributed by atoms with Crippen LogP contribution in [-0.4, -0.2) is 26.6 Å². The van der Waals surface area contributed by atoms with Crippen LogP contribution in [0.4, 0.5) is 4.79 Å². The maximum absolute atomic E-state index is 9.10. The number of aryl methyl sites for hydroxylation is 4. The average molecular weight is 306 g/mol. The van der Waals surface area contributed by atoms with Crippen LogP contribution in [0, 0.1) is 27.7 Å². The van der Waals surface area contributed by atoms with Crippen molar-refractivity contribution in [1.82, 2.24) is 0 Å². The van der Waals surface area contributed by atoms with Crippen molar-refractivity contribution in [3.63, 3.8) is 0 Å². The van der Waals surface area contributed by atoms with Crippen molar-refractivity contribution in [2.75, 3.05) is 0 Å². The topological polar surface area (TPSA) is 98.0 Å². The van der Waals surface area contributed by atoms with Crippen LogP contribution in [-0.2, 0) is 0 Å². The molecule has 0 atom stereocenters. The van der Waals surface area contributed by atoms with E-state index in [4.69, 9.17) is 25.2 Å². The van der Waals surface area contributed by atoms with E-state index in [1.165, 1.54) is 0 Å². The smallest absolute Gasteiger partial charge is 0.503 e. The third-order valence-corrected chi connectivity index (χ3v) is 2.73. The highest BCUT2D eigenvalue weighted by Crippen LogP contribution is 2.16. The molecule has 0 unspecified atom stereocenters. The molecule has 2 aromatic carbocycles. The fourth-order valence-electron chi connectivity index (χ4n) is 1.44. The zero-order chi connectivity index (χ0) is 17.3. The van der Waals surface area contributed by atoms with Crippen molar-refractivity contribution in [2.24, 2.45) is 0 Å². The summed E-state index contributed by atoms with van der Waals surface area (Å²) in [4.78, 5) is 8.56. The molecule has 2 aromatic rings. The number of hydrogen-bond acceptors (Lipinski definition) is 3. The molecule has 0 aromatic heterocycles. The summed E-state index contributed by atoms with van der Waals surface area (Å²) in [7, 11) is 0. The van der Waals surface area contributed by atoms with Gasteiger partial charge in [-0.3, -0.25) is 0 Å². The molecule has 2 rings (SSSR count). The SMILES string of the molecule is Cc1ccc(C)c(O)c1.Cc1ccc(C)c(O)c1.O=C(O)O. The van der Waals surface area contributed by atoms with E-state index in [0.29, 0.717) is 11.5 Å². The van der Waals surface area contributed by atoms with Gasteiger partial charge >= 0.3 is 6.16 Å². The van der Waals surface area contributed by atoms with Gasteiger partial charge in [0, 0.05) is 0 Å². The largest absolute Gasteiger partial charge is 0.508 e. The molecule has 0 amide bonds. The van der Waals surface area contributed by atoms with E-state index in [1.807, 2.05) is 52.0 Å². The van der Waals surface area contributed by atoms with Crippen molar-refractivity contribution in [3.05, 3.63) is 58.7 Å². The molecule has 0 bridgehead atoms. The highest BCUT2D eigenvalue weighted by Gasteiger charge is 1.92. The molecule has 0 spiro atoms. The highest BCUT2D eigenvalue weighted by molar-refractivity contribution is 5.53. The van der Waals surface area contributed by atoms with Gasteiger partial charge in [0.1, 0.15) is 11.5 Å². The molecule has 5 heteroatoms. The molecule has 5 nitrogen and oxygen atoms in total. The first-order valence-corrected chi connectivity index (χ1v) is 6.57. The van der Waals surface area contributed by atoms with Crippen LogP contribution in [0.3, 0.4) is 0 Å². The van der Waals surface area contributed by atoms with Gasteiger partial charge in [-0.15, -0.1) is 0 Å². The second kappa shape index (κ2) is 9.28. The summed E-state index contributed by atoms with van der Waals surface area (Å²) in [5, 5.41) is 32.1. The molecule has 4 N–H and O–H groups in total. The quantitative estimate of drug-likeness (QED) is 0.583. The number of carbonyl (C=O) groups is 1. The van der Waals surface area contributed by atoms with E-state index in [2.05, 4.69) is 0 Å². The summed E-state index contributed by atoms with van der Waals surface area (Å²) in [6, 6.07) is 11.3. The molecular weight excluding hydrogens is 284 g/mol. The predicted molar refractivity (Wildman–Crippen MR) is 85.8 cm³/mol. The highest BCUT2D eigenvalue weighted by atomic mass is 16.6. The van der Waals surface area contributed by atoms with E-state index in [1.54, 1.807) is 12.1 Å².